The van der Waals surface area contributed by atoms with Crippen LogP contribution in [0.15, 0.2) is 56.5 Å². The smallest absolute Gasteiger partial charge is 0.248 e. The van der Waals surface area contributed by atoms with Crippen molar-refractivity contribution in [2.24, 2.45) is 0 Å². The van der Waals surface area contributed by atoms with Crippen molar-refractivity contribution in [1.82, 2.24) is 0 Å². The van der Waals surface area contributed by atoms with Gasteiger partial charge in [0.25, 0.3) is 0 Å². The maximum Gasteiger partial charge on any atom is 0.248 e. The summed E-state index contributed by atoms with van der Waals surface area (Å²) in [6.45, 7) is 0. The van der Waals surface area contributed by atoms with Crippen molar-refractivity contribution < 1.29 is 17.6 Å². The lowest BCUT2D eigenvalue weighted by Gasteiger charge is -2.11. The Balaban J connectivity index is 1.64. The molecule has 0 radical (unpaired) electrons. The van der Waals surface area contributed by atoms with Crippen LogP contribution in [0.1, 0.15) is 31.4 Å². The van der Waals surface area contributed by atoms with Gasteiger partial charge in [-0.15, -0.1) is 0 Å². The minimum absolute atomic E-state index is 0.275. The molecule has 1 aliphatic carbocycles. The zero-order chi connectivity index (χ0) is 17.9. The van der Waals surface area contributed by atoms with Crippen molar-refractivity contribution in [3.05, 3.63) is 52.9 Å². The minimum Gasteiger partial charge on any atom is -0.450 e. The average molecular weight is 424 g/mol. The molecule has 1 heterocycles. The van der Waals surface area contributed by atoms with E-state index in [9.17, 15) is 13.2 Å². The summed E-state index contributed by atoms with van der Waals surface area (Å²) in [5.41, 5.74) is 0.542. The number of anilines is 1. The van der Waals surface area contributed by atoms with Crippen molar-refractivity contribution >= 4 is 43.4 Å². The van der Waals surface area contributed by atoms with E-state index in [1.807, 2.05) is 0 Å². The zero-order valence-electron chi connectivity index (χ0n) is 13.4. The van der Waals surface area contributed by atoms with E-state index in [4.69, 9.17) is 4.42 Å². The van der Waals surface area contributed by atoms with E-state index in [0.717, 1.165) is 25.7 Å². The molecule has 1 aromatic heterocycles. The highest BCUT2D eigenvalue weighted by Gasteiger charge is 2.30. The van der Waals surface area contributed by atoms with Gasteiger partial charge >= 0.3 is 0 Å². The van der Waals surface area contributed by atoms with Crippen LogP contribution in [0.3, 0.4) is 0 Å². The van der Waals surface area contributed by atoms with Gasteiger partial charge in [0.2, 0.25) is 5.91 Å². The lowest BCUT2D eigenvalue weighted by atomic mass is 10.3. The summed E-state index contributed by atoms with van der Waals surface area (Å²) in [6.07, 6.45) is 6.31. The summed E-state index contributed by atoms with van der Waals surface area (Å²) in [6, 6.07) is 9.79. The van der Waals surface area contributed by atoms with Gasteiger partial charge in [0.05, 0.1) is 10.1 Å². The zero-order valence-corrected chi connectivity index (χ0v) is 15.8. The van der Waals surface area contributed by atoms with Crippen molar-refractivity contribution in [2.75, 3.05) is 5.32 Å². The van der Waals surface area contributed by atoms with Gasteiger partial charge in [-0.25, -0.2) is 8.42 Å². The summed E-state index contributed by atoms with van der Waals surface area (Å²) in [5.74, 6) is 0.235. The Labute approximate surface area is 155 Å². The number of rotatable bonds is 5. The number of halogens is 1. The lowest BCUT2D eigenvalue weighted by Crippen LogP contribution is -2.17. The Bertz CT molecular complexity index is 878. The minimum atomic E-state index is -3.27. The van der Waals surface area contributed by atoms with E-state index in [1.54, 1.807) is 42.5 Å². The molecule has 1 amide bonds. The van der Waals surface area contributed by atoms with Crippen molar-refractivity contribution in [3.8, 4) is 0 Å². The number of hydrogen-bond donors (Lipinski definition) is 1. The fraction of sp³-hybridized carbons (Fsp3) is 0.278. The lowest BCUT2D eigenvalue weighted by molar-refractivity contribution is -0.111. The number of furan rings is 1. The summed E-state index contributed by atoms with van der Waals surface area (Å²) in [7, 11) is -3.27. The first-order chi connectivity index (χ1) is 11.9. The number of amides is 1. The summed E-state index contributed by atoms with van der Waals surface area (Å²) in [4.78, 5) is 12.2. The molecule has 0 bridgehead atoms. The quantitative estimate of drug-likeness (QED) is 0.722. The maximum atomic E-state index is 12.5. The van der Waals surface area contributed by atoms with Gasteiger partial charge in [0.15, 0.2) is 14.5 Å². The largest absolute Gasteiger partial charge is 0.450 e. The van der Waals surface area contributed by atoms with E-state index in [0.29, 0.717) is 21.0 Å². The average Bonchev–Trinajstić information content (AvgIpc) is 3.25. The van der Waals surface area contributed by atoms with Crippen molar-refractivity contribution in [2.45, 2.75) is 35.8 Å². The molecular formula is C18H18BrNO4S. The second-order valence-corrected chi connectivity index (χ2v) is 8.95. The first-order valence-corrected chi connectivity index (χ1v) is 10.4. The van der Waals surface area contributed by atoms with E-state index in [2.05, 4.69) is 21.2 Å². The summed E-state index contributed by atoms with van der Waals surface area (Å²) < 4.78 is 30.9. The van der Waals surface area contributed by atoms with Gasteiger partial charge in [-0.2, -0.15) is 0 Å². The number of nitrogens with one attached hydrogen (secondary N) is 1. The number of carbonyl (C=O) groups excluding carboxylic acids is 1. The van der Waals surface area contributed by atoms with Crippen LogP contribution >= 0.6 is 15.9 Å². The summed E-state index contributed by atoms with van der Waals surface area (Å²) in [5, 5.41) is 2.42. The Morgan fingerprint density at radius 1 is 1.12 bits per heavy atom. The molecule has 1 aliphatic rings. The van der Waals surface area contributed by atoms with Gasteiger partial charge in [-0.3, -0.25) is 4.79 Å². The standard InChI is InChI=1S/C18H18BrNO4S/c19-17-11-7-14(24-17)8-12-18(21)20-13-5-9-16(10-6-13)25(22,23)15-3-1-2-4-15/h5-12,15H,1-4H2,(H,20,21)/b12-8+. The Kier molecular flexibility index (Phi) is 5.44. The molecule has 0 aliphatic heterocycles. The van der Waals surface area contributed by atoms with Crippen LogP contribution in [0.2, 0.25) is 0 Å². The molecule has 0 spiro atoms. The molecule has 0 saturated heterocycles. The third kappa shape index (κ3) is 4.41. The van der Waals surface area contributed by atoms with Gasteiger partial charge in [0.1, 0.15) is 5.76 Å². The van der Waals surface area contributed by atoms with Crippen LogP contribution in [0.5, 0.6) is 0 Å². The predicted octanol–water partition coefficient (Wildman–Crippen LogP) is 4.41. The molecule has 1 fully saturated rings. The predicted molar refractivity (Wildman–Crippen MR) is 100.0 cm³/mol. The van der Waals surface area contributed by atoms with Crippen molar-refractivity contribution in [1.29, 1.82) is 0 Å². The molecule has 7 heteroatoms. The molecule has 5 nitrogen and oxygen atoms in total. The highest BCUT2D eigenvalue weighted by atomic mass is 79.9. The molecule has 1 saturated carbocycles. The summed E-state index contributed by atoms with van der Waals surface area (Å²) >= 11 is 3.19. The van der Waals surface area contributed by atoms with Crippen LogP contribution < -0.4 is 5.32 Å². The van der Waals surface area contributed by atoms with E-state index in [-0.39, 0.29) is 11.2 Å². The number of benzene rings is 1. The fourth-order valence-electron chi connectivity index (χ4n) is 2.88. The third-order valence-electron chi connectivity index (χ3n) is 4.18. The second kappa shape index (κ2) is 7.58. The van der Waals surface area contributed by atoms with Crippen LogP contribution in [0, 0.1) is 0 Å². The Morgan fingerprint density at radius 2 is 1.80 bits per heavy atom. The van der Waals surface area contributed by atoms with Gasteiger partial charge in [-0.1, -0.05) is 12.8 Å². The van der Waals surface area contributed by atoms with Crippen molar-refractivity contribution in [3.63, 3.8) is 0 Å². The van der Waals surface area contributed by atoms with Crippen LogP contribution in [0.25, 0.3) is 6.08 Å². The number of sulfone groups is 1. The van der Waals surface area contributed by atoms with Gasteiger partial charge < -0.3 is 9.73 Å². The topological polar surface area (TPSA) is 76.4 Å². The normalized spacial score (nSPS) is 15.7. The SMILES string of the molecule is O=C(/C=C/c1ccc(Br)o1)Nc1ccc(S(=O)(=O)C2CCCC2)cc1. The Morgan fingerprint density at radius 3 is 2.40 bits per heavy atom. The first-order valence-electron chi connectivity index (χ1n) is 8.03. The third-order valence-corrected chi connectivity index (χ3v) is 6.89. The molecule has 1 aromatic carbocycles. The van der Waals surface area contributed by atoms with Gasteiger partial charge in [-0.05, 0) is 71.2 Å². The molecule has 25 heavy (non-hydrogen) atoms. The van der Waals surface area contributed by atoms with E-state index in [1.165, 1.54) is 6.08 Å². The number of hydrogen-bond acceptors (Lipinski definition) is 4. The van der Waals surface area contributed by atoms with E-state index >= 15 is 0 Å². The first kappa shape index (κ1) is 17.9. The molecule has 1 N–H and O–H groups in total. The molecule has 0 unspecified atom stereocenters. The highest BCUT2D eigenvalue weighted by Crippen LogP contribution is 2.30. The van der Waals surface area contributed by atoms with E-state index < -0.39 is 9.84 Å². The maximum absolute atomic E-state index is 12.5. The monoisotopic (exact) mass is 423 g/mol. The van der Waals surface area contributed by atoms with Crippen LogP contribution in [0.4, 0.5) is 5.69 Å². The molecule has 132 valence electrons. The van der Waals surface area contributed by atoms with Crippen LogP contribution in [-0.4, -0.2) is 19.6 Å². The molecule has 2 aromatic rings. The molecular weight excluding hydrogens is 406 g/mol. The molecule has 3 rings (SSSR count). The highest BCUT2D eigenvalue weighted by molar-refractivity contribution is 9.10. The Hall–Kier alpha value is -1.86. The second-order valence-electron chi connectivity index (χ2n) is 5.94. The number of carbonyl (C=O) groups is 1. The fourth-order valence-corrected chi connectivity index (χ4v) is 5.05. The van der Waals surface area contributed by atoms with Crippen LogP contribution in [-0.2, 0) is 14.6 Å². The molecule has 0 atom stereocenters. The van der Waals surface area contributed by atoms with Gasteiger partial charge in [0, 0.05) is 11.8 Å².